The second-order valence-electron chi connectivity index (χ2n) is 2.71. The summed E-state index contributed by atoms with van der Waals surface area (Å²) in [5.41, 5.74) is 2.59. The third-order valence-electron chi connectivity index (χ3n) is 1.70. The van der Waals surface area contributed by atoms with Gasteiger partial charge in [-0.15, -0.1) is 0 Å². The minimum atomic E-state index is 0.743. The van der Waals surface area contributed by atoms with Gasteiger partial charge in [0.25, 0.3) is 0 Å². The number of thiocarbonyl (C=S) groups is 1. The Hall–Kier alpha value is -0.980. The number of benzene rings is 1. The van der Waals surface area contributed by atoms with Crippen LogP contribution in [-0.2, 0) is 6.42 Å². The van der Waals surface area contributed by atoms with E-state index >= 15 is 0 Å². The summed E-state index contributed by atoms with van der Waals surface area (Å²) in [6.45, 7) is 2.82. The lowest BCUT2D eigenvalue weighted by Gasteiger charge is -1.97. The van der Waals surface area contributed by atoms with Gasteiger partial charge in [-0.05, 0) is 31.1 Å². The monoisotopic (exact) mass is 177 g/mol. The fourth-order valence-corrected chi connectivity index (χ4v) is 1.08. The molecule has 0 spiro atoms. The van der Waals surface area contributed by atoms with E-state index in [0.29, 0.717) is 0 Å². The molecule has 0 radical (unpaired) electrons. The van der Waals surface area contributed by atoms with Crippen molar-refractivity contribution in [2.45, 2.75) is 13.3 Å². The highest BCUT2D eigenvalue weighted by molar-refractivity contribution is 7.78. The predicted octanol–water partition coefficient (Wildman–Crippen LogP) is 2.64. The van der Waals surface area contributed by atoms with E-state index in [0.717, 1.165) is 13.0 Å². The Kier molecular flexibility index (Phi) is 3.65. The van der Waals surface area contributed by atoms with Gasteiger partial charge in [0.15, 0.2) is 0 Å². The van der Waals surface area contributed by atoms with Crippen molar-refractivity contribution in [3.8, 4) is 0 Å². The van der Waals surface area contributed by atoms with Gasteiger partial charge < -0.3 is 0 Å². The summed E-state index contributed by atoms with van der Waals surface area (Å²) < 4.78 is 0. The molecule has 0 aliphatic heterocycles. The normalized spacial score (nSPS) is 9.08. The van der Waals surface area contributed by atoms with Gasteiger partial charge in [-0.25, -0.2) is 4.99 Å². The Labute approximate surface area is 78.1 Å². The molecule has 0 fully saturated rings. The van der Waals surface area contributed by atoms with E-state index in [1.54, 1.807) is 0 Å². The van der Waals surface area contributed by atoms with Crippen LogP contribution in [0.2, 0.25) is 0 Å². The van der Waals surface area contributed by atoms with Crippen LogP contribution in [0.25, 0.3) is 0 Å². The lowest BCUT2D eigenvalue weighted by molar-refractivity contribution is 0.975. The summed E-state index contributed by atoms with van der Waals surface area (Å²) in [5, 5.41) is 2.36. The van der Waals surface area contributed by atoms with Crippen LogP contribution in [0.1, 0.15) is 11.1 Å². The zero-order valence-corrected chi connectivity index (χ0v) is 7.90. The van der Waals surface area contributed by atoms with Gasteiger partial charge >= 0.3 is 0 Å². The number of aliphatic imine (C=N–C) groups is 1. The van der Waals surface area contributed by atoms with Crippen LogP contribution in [0.3, 0.4) is 0 Å². The topological polar surface area (TPSA) is 12.4 Å². The van der Waals surface area contributed by atoms with Gasteiger partial charge in [0, 0.05) is 0 Å². The van der Waals surface area contributed by atoms with Crippen molar-refractivity contribution in [2.24, 2.45) is 4.99 Å². The van der Waals surface area contributed by atoms with Crippen LogP contribution < -0.4 is 0 Å². The second-order valence-corrected chi connectivity index (χ2v) is 2.89. The maximum atomic E-state index is 4.47. The molecule has 0 bridgehead atoms. The van der Waals surface area contributed by atoms with Gasteiger partial charge in [-0.1, -0.05) is 29.8 Å². The van der Waals surface area contributed by atoms with Crippen LogP contribution in [0.4, 0.5) is 0 Å². The van der Waals surface area contributed by atoms with Crippen molar-refractivity contribution in [1.29, 1.82) is 0 Å². The second kappa shape index (κ2) is 4.81. The van der Waals surface area contributed by atoms with E-state index in [1.165, 1.54) is 11.1 Å². The molecule has 0 saturated carbocycles. The molecule has 0 aromatic heterocycles. The van der Waals surface area contributed by atoms with Gasteiger partial charge in [-0.3, -0.25) is 0 Å². The molecule has 1 aromatic rings. The average molecular weight is 177 g/mol. The number of hydrogen-bond acceptors (Lipinski definition) is 2. The molecule has 0 heterocycles. The first-order chi connectivity index (χ1) is 5.83. The Morgan fingerprint density at radius 2 is 2.00 bits per heavy atom. The third kappa shape index (κ3) is 2.95. The maximum absolute atomic E-state index is 4.47. The summed E-state index contributed by atoms with van der Waals surface area (Å²) in [6.07, 6.45) is 0.948. The highest BCUT2D eigenvalue weighted by Gasteiger charge is 1.89. The van der Waals surface area contributed by atoms with Gasteiger partial charge in [0.1, 0.15) is 0 Å². The molecular formula is C10H11NS. The van der Waals surface area contributed by atoms with Gasteiger partial charge in [0.2, 0.25) is 0 Å². The van der Waals surface area contributed by atoms with Crippen molar-refractivity contribution < 1.29 is 0 Å². The smallest absolute Gasteiger partial charge is 0.0585 e. The third-order valence-corrected chi connectivity index (χ3v) is 1.83. The van der Waals surface area contributed by atoms with Gasteiger partial charge in [-0.2, -0.15) is 0 Å². The molecule has 62 valence electrons. The number of nitrogens with zero attached hydrogens (tertiary/aromatic N) is 1. The molecule has 1 rings (SSSR count). The van der Waals surface area contributed by atoms with E-state index < -0.39 is 0 Å². The Morgan fingerprint density at radius 3 is 2.58 bits per heavy atom. The van der Waals surface area contributed by atoms with Crippen LogP contribution in [0, 0.1) is 6.92 Å². The number of rotatable bonds is 3. The Balaban J connectivity index is 2.53. The number of isothiocyanates is 1. The first-order valence-corrected chi connectivity index (χ1v) is 4.33. The fourth-order valence-electron chi connectivity index (χ4n) is 0.985. The zero-order valence-electron chi connectivity index (χ0n) is 7.08. The molecule has 12 heavy (non-hydrogen) atoms. The molecule has 0 atom stereocenters. The highest BCUT2D eigenvalue weighted by Crippen LogP contribution is 2.03. The standard InChI is InChI=1S/C10H11NS/c1-9-2-4-10(5-3-9)6-7-11-8-12/h2-5H,6-7H2,1H3. The van der Waals surface area contributed by atoms with Crippen LogP contribution >= 0.6 is 12.2 Å². The molecule has 0 N–H and O–H groups in total. The lowest BCUT2D eigenvalue weighted by atomic mass is 10.1. The van der Waals surface area contributed by atoms with E-state index in [4.69, 9.17) is 0 Å². The summed E-state index contributed by atoms with van der Waals surface area (Å²) in [4.78, 5) is 3.85. The molecular weight excluding hydrogens is 166 g/mol. The molecule has 1 nitrogen and oxygen atoms in total. The molecule has 0 aliphatic rings. The summed E-state index contributed by atoms with van der Waals surface area (Å²) in [5.74, 6) is 0. The minimum Gasteiger partial charge on any atom is -0.232 e. The fraction of sp³-hybridized carbons (Fsp3) is 0.300. The Bertz CT molecular complexity index is 283. The number of hydrogen-bond donors (Lipinski definition) is 0. The first kappa shape index (κ1) is 9.11. The maximum Gasteiger partial charge on any atom is 0.0585 e. The lowest BCUT2D eigenvalue weighted by Crippen LogP contribution is -1.88. The Morgan fingerprint density at radius 1 is 1.33 bits per heavy atom. The van der Waals surface area contributed by atoms with E-state index in [1.807, 2.05) is 0 Å². The highest BCUT2D eigenvalue weighted by atomic mass is 32.1. The molecule has 0 saturated heterocycles. The van der Waals surface area contributed by atoms with E-state index in [2.05, 4.69) is 53.6 Å². The average Bonchev–Trinajstić information content (AvgIpc) is 2.09. The molecule has 0 unspecified atom stereocenters. The molecule has 2 heteroatoms. The van der Waals surface area contributed by atoms with Crippen molar-refractivity contribution in [1.82, 2.24) is 0 Å². The predicted molar refractivity (Wildman–Crippen MR) is 54.8 cm³/mol. The zero-order chi connectivity index (χ0) is 8.81. The molecule has 0 aliphatic carbocycles. The number of aryl methyl sites for hydroxylation is 1. The minimum absolute atomic E-state index is 0.743. The largest absolute Gasteiger partial charge is 0.232 e. The quantitative estimate of drug-likeness (QED) is 0.510. The van der Waals surface area contributed by atoms with Crippen LogP contribution in [0.15, 0.2) is 29.3 Å². The van der Waals surface area contributed by atoms with E-state index in [-0.39, 0.29) is 0 Å². The summed E-state index contributed by atoms with van der Waals surface area (Å²) in [7, 11) is 0. The van der Waals surface area contributed by atoms with Crippen molar-refractivity contribution in [3.63, 3.8) is 0 Å². The molecule has 1 aromatic carbocycles. The van der Waals surface area contributed by atoms with Crippen LogP contribution in [0.5, 0.6) is 0 Å². The first-order valence-electron chi connectivity index (χ1n) is 3.92. The van der Waals surface area contributed by atoms with Crippen molar-refractivity contribution in [3.05, 3.63) is 35.4 Å². The van der Waals surface area contributed by atoms with Crippen LogP contribution in [-0.4, -0.2) is 11.7 Å². The van der Waals surface area contributed by atoms with Crippen molar-refractivity contribution in [2.75, 3.05) is 6.54 Å². The SMILES string of the molecule is Cc1ccc(CCN=C=S)cc1. The van der Waals surface area contributed by atoms with Crippen molar-refractivity contribution >= 4 is 17.4 Å². The van der Waals surface area contributed by atoms with Gasteiger partial charge in [0.05, 0.1) is 11.7 Å². The summed E-state index contributed by atoms with van der Waals surface area (Å²) >= 11 is 4.47. The molecule has 0 amide bonds. The summed E-state index contributed by atoms with van der Waals surface area (Å²) in [6, 6.07) is 8.45. The van der Waals surface area contributed by atoms with E-state index in [9.17, 15) is 0 Å².